The molecule has 0 aliphatic carbocycles. The van der Waals surface area contributed by atoms with Crippen molar-refractivity contribution in [2.75, 3.05) is 5.32 Å². The van der Waals surface area contributed by atoms with Crippen LogP contribution in [0.3, 0.4) is 0 Å². The van der Waals surface area contributed by atoms with Crippen LogP contribution in [0.25, 0.3) is 11.4 Å². The van der Waals surface area contributed by atoms with Crippen LogP contribution in [0.15, 0.2) is 47.2 Å². The van der Waals surface area contributed by atoms with Crippen LogP contribution in [-0.4, -0.2) is 21.0 Å². The smallest absolute Gasteiger partial charge is 0.227 e. The molecule has 0 atom stereocenters. The number of anilines is 1. The van der Waals surface area contributed by atoms with E-state index in [4.69, 9.17) is 4.52 Å². The van der Waals surface area contributed by atoms with E-state index < -0.39 is 5.82 Å². The van der Waals surface area contributed by atoms with Crippen LogP contribution in [-0.2, 0) is 11.2 Å². The van der Waals surface area contributed by atoms with Crippen LogP contribution in [0.4, 0.5) is 10.1 Å². The molecule has 0 spiro atoms. The van der Waals surface area contributed by atoms with Crippen molar-refractivity contribution in [2.24, 2.45) is 0 Å². The fourth-order valence-electron chi connectivity index (χ4n) is 2.14. The van der Waals surface area contributed by atoms with Gasteiger partial charge in [-0.2, -0.15) is 4.98 Å². The lowest BCUT2D eigenvalue weighted by atomic mass is 10.2. The summed E-state index contributed by atoms with van der Waals surface area (Å²) in [5.74, 6) is -0.0248. The minimum Gasteiger partial charge on any atom is -0.339 e. The van der Waals surface area contributed by atoms with Crippen LogP contribution in [0.5, 0.6) is 0 Å². The molecule has 24 heavy (non-hydrogen) atoms. The summed E-state index contributed by atoms with van der Waals surface area (Å²) in [6.45, 7) is 1.83. The van der Waals surface area contributed by atoms with Crippen LogP contribution in [0, 0.1) is 12.7 Å². The predicted octanol–water partition coefficient (Wildman–Crippen LogP) is 3.15. The molecular formula is C17H15FN4O2. The molecule has 3 aromatic rings. The van der Waals surface area contributed by atoms with Crippen molar-refractivity contribution in [2.45, 2.75) is 19.8 Å². The Morgan fingerprint density at radius 3 is 3.00 bits per heavy atom. The summed E-state index contributed by atoms with van der Waals surface area (Å²) in [5, 5.41) is 6.40. The van der Waals surface area contributed by atoms with E-state index in [1.54, 1.807) is 30.6 Å². The van der Waals surface area contributed by atoms with Gasteiger partial charge in [0.25, 0.3) is 0 Å². The Balaban J connectivity index is 1.59. The molecule has 0 saturated carbocycles. The standard InChI is InChI=1S/C17H15FN4O2/c1-11-4-5-13(18)14(9-11)20-15(23)6-7-16-21-17(22-24-16)12-3-2-8-19-10-12/h2-5,8-10H,6-7H2,1H3,(H,20,23). The second-order valence-electron chi connectivity index (χ2n) is 5.28. The van der Waals surface area contributed by atoms with Crippen molar-refractivity contribution in [3.05, 3.63) is 60.0 Å². The molecule has 2 heterocycles. The van der Waals surface area contributed by atoms with Crippen molar-refractivity contribution in [1.29, 1.82) is 0 Å². The Kier molecular flexibility index (Phi) is 4.60. The molecule has 0 aliphatic heterocycles. The monoisotopic (exact) mass is 326 g/mol. The number of hydrogen-bond donors (Lipinski definition) is 1. The molecule has 7 heteroatoms. The van der Waals surface area contributed by atoms with Crippen molar-refractivity contribution in [3.8, 4) is 11.4 Å². The van der Waals surface area contributed by atoms with Gasteiger partial charge in [-0.25, -0.2) is 4.39 Å². The van der Waals surface area contributed by atoms with Gasteiger partial charge in [0.05, 0.1) is 5.69 Å². The van der Waals surface area contributed by atoms with Gasteiger partial charge in [-0.1, -0.05) is 11.2 Å². The Labute approximate surface area is 137 Å². The first kappa shape index (κ1) is 15.8. The third-order valence-corrected chi connectivity index (χ3v) is 3.35. The first-order valence-corrected chi connectivity index (χ1v) is 7.41. The molecule has 0 bridgehead atoms. The maximum absolute atomic E-state index is 13.6. The topological polar surface area (TPSA) is 80.9 Å². The molecule has 0 fully saturated rings. The molecule has 122 valence electrons. The average Bonchev–Trinajstić information content (AvgIpc) is 3.06. The van der Waals surface area contributed by atoms with E-state index in [-0.39, 0.29) is 24.4 Å². The number of hydrogen-bond acceptors (Lipinski definition) is 5. The van der Waals surface area contributed by atoms with E-state index >= 15 is 0 Å². The zero-order chi connectivity index (χ0) is 16.9. The predicted molar refractivity (Wildman–Crippen MR) is 85.6 cm³/mol. The van der Waals surface area contributed by atoms with Crippen molar-refractivity contribution in [1.82, 2.24) is 15.1 Å². The zero-order valence-electron chi connectivity index (χ0n) is 13.0. The van der Waals surface area contributed by atoms with E-state index in [1.807, 2.05) is 13.0 Å². The molecule has 6 nitrogen and oxygen atoms in total. The van der Waals surface area contributed by atoms with Crippen LogP contribution >= 0.6 is 0 Å². The molecule has 1 N–H and O–H groups in total. The van der Waals surface area contributed by atoms with E-state index in [0.29, 0.717) is 11.7 Å². The minimum absolute atomic E-state index is 0.113. The van der Waals surface area contributed by atoms with Gasteiger partial charge in [-0.15, -0.1) is 0 Å². The second-order valence-corrected chi connectivity index (χ2v) is 5.28. The van der Waals surface area contributed by atoms with Gasteiger partial charge in [-0.05, 0) is 36.8 Å². The number of halogens is 1. The van der Waals surface area contributed by atoms with Gasteiger partial charge in [0.1, 0.15) is 5.82 Å². The summed E-state index contributed by atoms with van der Waals surface area (Å²) in [5.41, 5.74) is 1.77. The number of aromatic nitrogens is 3. The third kappa shape index (κ3) is 3.81. The molecule has 0 saturated heterocycles. The van der Waals surface area contributed by atoms with Gasteiger partial charge in [0.15, 0.2) is 0 Å². The highest BCUT2D eigenvalue weighted by Gasteiger charge is 2.12. The Morgan fingerprint density at radius 1 is 1.33 bits per heavy atom. The van der Waals surface area contributed by atoms with Crippen LogP contribution in [0.2, 0.25) is 0 Å². The first-order valence-electron chi connectivity index (χ1n) is 7.41. The van der Waals surface area contributed by atoms with Gasteiger partial charge < -0.3 is 9.84 Å². The highest BCUT2D eigenvalue weighted by Crippen LogP contribution is 2.17. The maximum Gasteiger partial charge on any atom is 0.227 e. The molecule has 0 aliphatic rings. The Morgan fingerprint density at radius 2 is 2.21 bits per heavy atom. The molecular weight excluding hydrogens is 311 g/mol. The quantitative estimate of drug-likeness (QED) is 0.779. The molecule has 2 aromatic heterocycles. The van der Waals surface area contributed by atoms with Gasteiger partial charge in [-0.3, -0.25) is 9.78 Å². The van der Waals surface area contributed by atoms with Gasteiger partial charge in [0.2, 0.25) is 17.6 Å². The molecule has 1 aromatic carbocycles. The summed E-state index contributed by atoms with van der Waals surface area (Å²) in [6, 6.07) is 8.14. The number of carbonyl (C=O) groups excluding carboxylic acids is 1. The molecule has 0 radical (unpaired) electrons. The summed E-state index contributed by atoms with van der Waals surface area (Å²) in [4.78, 5) is 20.2. The molecule has 0 unspecified atom stereocenters. The number of rotatable bonds is 5. The van der Waals surface area contributed by atoms with Gasteiger partial charge in [0, 0.05) is 30.8 Å². The van der Waals surface area contributed by atoms with Crippen LogP contribution in [0.1, 0.15) is 17.9 Å². The molecule has 1 amide bonds. The number of benzene rings is 1. The van der Waals surface area contributed by atoms with Crippen molar-refractivity contribution >= 4 is 11.6 Å². The van der Waals surface area contributed by atoms with E-state index in [2.05, 4.69) is 20.4 Å². The Hall–Kier alpha value is -3.09. The SMILES string of the molecule is Cc1ccc(F)c(NC(=O)CCc2nc(-c3cccnc3)no2)c1. The van der Waals surface area contributed by atoms with Crippen molar-refractivity contribution in [3.63, 3.8) is 0 Å². The minimum atomic E-state index is -0.467. The third-order valence-electron chi connectivity index (χ3n) is 3.35. The number of amides is 1. The lowest BCUT2D eigenvalue weighted by molar-refractivity contribution is -0.116. The summed E-state index contributed by atoms with van der Waals surface area (Å²) < 4.78 is 18.7. The number of carbonyl (C=O) groups is 1. The normalized spacial score (nSPS) is 10.6. The number of aryl methyl sites for hydroxylation is 2. The maximum atomic E-state index is 13.6. The largest absolute Gasteiger partial charge is 0.339 e. The molecule has 3 rings (SSSR count). The average molecular weight is 326 g/mol. The number of nitrogens with zero attached hydrogens (tertiary/aromatic N) is 3. The Bertz CT molecular complexity index is 849. The second kappa shape index (κ2) is 6.99. The number of nitrogens with one attached hydrogen (secondary N) is 1. The van der Waals surface area contributed by atoms with E-state index in [9.17, 15) is 9.18 Å². The van der Waals surface area contributed by atoms with Crippen LogP contribution < -0.4 is 5.32 Å². The van der Waals surface area contributed by atoms with Gasteiger partial charge >= 0.3 is 0 Å². The summed E-state index contributed by atoms with van der Waals surface area (Å²) in [6.07, 6.45) is 3.66. The number of pyridine rings is 1. The highest BCUT2D eigenvalue weighted by atomic mass is 19.1. The fraction of sp³-hybridized carbons (Fsp3) is 0.176. The lowest BCUT2D eigenvalue weighted by Gasteiger charge is -2.06. The van der Waals surface area contributed by atoms with Crippen molar-refractivity contribution < 1.29 is 13.7 Å². The first-order chi connectivity index (χ1) is 11.6. The fourth-order valence-corrected chi connectivity index (χ4v) is 2.14. The summed E-state index contributed by atoms with van der Waals surface area (Å²) >= 11 is 0. The zero-order valence-corrected chi connectivity index (χ0v) is 13.0. The van der Waals surface area contributed by atoms with E-state index in [0.717, 1.165) is 11.1 Å². The lowest BCUT2D eigenvalue weighted by Crippen LogP contribution is -2.13. The van der Waals surface area contributed by atoms with E-state index in [1.165, 1.54) is 6.07 Å². The summed E-state index contributed by atoms with van der Waals surface area (Å²) in [7, 11) is 0. The highest BCUT2D eigenvalue weighted by molar-refractivity contribution is 5.91.